The van der Waals surface area contributed by atoms with E-state index in [1.807, 2.05) is 6.07 Å². The zero-order valence-corrected chi connectivity index (χ0v) is 16.5. The van der Waals surface area contributed by atoms with Gasteiger partial charge >= 0.3 is 0 Å². The van der Waals surface area contributed by atoms with Crippen LogP contribution in [0.15, 0.2) is 59.7 Å². The minimum Gasteiger partial charge on any atom is -0.379 e. The van der Waals surface area contributed by atoms with Crippen molar-refractivity contribution in [2.45, 2.75) is 12.6 Å². The number of amides is 1. The molecule has 1 aromatic heterocycles. The Morgan fingerprint density at radius 3 is 2.63 bits per heavy atom. The van der Waals surface area contributed by atoms with Crippen LogP contribution in [0.2, 0.25) is 0 Å². The second-order valence-electron chi connectivity index (χ2n) is 7.21. The molecule has 1 fully saturated rings. The molecule has 1 aliphatic rings. The molecule has 0 saturated carbocycles. The molecule has 2 aromatic carbocycles. The lowest BCUT2D eigenvalue weighted by Crippen LogP contribution is -2.44. The summed E-state index contributed by atoms with van der Waals surface area (Å²) in [6.07, 6.45) is 1.39. The summed E-state index contributed by atoms with van der Waals surface area (Å²) >= 11 is 0. The number of rotatable bonds is 6. The van der Waals surface area contributed by atoms with Gasteiger partial charge in [-0.1, -0.05) is 24.3 Å². The maximum absolute atomic E-state index is 13.4. The molecule has 0 spiro atoms. The largest absolute Gasteiger partial charge is 0.379 e. The first kappa shape index (κ1) is 20.2. The summed E-state index contributed by atoms with van der Waals surface area (Å²) in [6, 6.07) is 13.2. The molecule has 156 valence electrons. The van der Waals surface area contributed by atoms with Gasteiger partial charge in [0, 0.05) is 19.6 Å². The molecule has 0 bridgehead atoms. The molecule has 7 nitrogen and oxygen atoms in total. The average Bonchev–Trinajstić information content (AvgIpc) is 2.78. The predicted octanol–water partition coefficient (Wildman–Crippen LogP) is 1.73. The standard InChI is InChI=1S/C22H23FN4O3/c23-17-7-5-16(6-8-17)20(26-9-11-30-12-10-26)13-24-21(28)14-27-15-25-19-4-2-1-3-18(19)22(27)29/h1-8,15,20H,9-14H2,(H,24,28)/t20-/m1/s1. The fourth-order valence-electron chi connectivity index (χ4n) is 3.67. The Hall–Kier alpha value is -3.10. The van der Waals surface area contributed by atoms with E-state index in [0.717, 1.165) is 18.7 Å². The maximum Gasteiger partial charge on any atom is 0.261 e. The van der Waals surface area contributed by atoms with Crippen LogP contribution in [-0.4, -0.2) is 53.2 Å². The van der Waals surface area contributed by atoms with E-state index in [9.17, 15) is 14.0 Å². The monoisotopic (exact) mass is 410 g/mol. The van der Waals surface area contributed by atoms with Crippen LogP contribution in [0.4, 0.5) is 4.39 Å². The highest BCUT2D eigenvalue weighted by Crippen LogP contribution is 2.21. The van der Waals surface area contributed by atoms with Crippen molar-refractivity contribution in [3.8, 4) is 0 Å². The SMILES string of the molecule is O=C(Cn1cnc2ccccc2c1=O)NC[C@H](c1ccc(F)cc1)N1CCOCC1. The minimum absolute atomic E-state index is 0.107. The summed E-state index contributed by atoms with van der Waals surface area (Å²) in [6.45, 7) is 2.92. The molecule has 0 unspecified atom stereocenters. The Balaban J connectivity index is 1.46. The Morgan fingerprint density at radius 1 is 1.13 bits per heavy atom. The number of carbonyl (C=O) groups excluding carboxylic acids is 1. The lowest BCUT2D eigenvalue weighted by atomic mass is 10.0. The molecular formula is C22H23FN4O3. The first-order chi connectivity index (χ1) is 14.6. The predicted molar refractivity (Wildman–Crippen MR) is 111 cm³/mol. The number of nitrogens with zero attached hydrogens (tertiary/aromatic N) is 3. The summed E-state index contributed by atoms with van der Waals surface area (Å²) in [5.74, 6) is -0.582. The van der Waals surface area contributed by atoms with Crippen LogP contribution in [0.1, 0.15) is 11.6 Å². The zero-order chi connectivity index (χ0) is 20.9. The van der Waals surface area contributed by atoms with Gasteiger partial charge in [0.1, 0.15) is 12.4 Å². The molecule has 1 N–H and O–H groups in total. The highest BCUT2D eigenvalue weighted by Gasteiger charge is 2.23. The van der Waals surface area contributed by atoms with Crippen molar-refractivity contribution in [2.75, 3.05) is 32.8 Å². The Bertz CT molecular complexity index is 1080. The molecule has 8 heteroatoms. The lowest BCUT2D eigenvalue weighted by Gasteiger charge is -2.35. The van der Waals surface area contributed by atoms with E-state index in [1.54, 1.807) is 30.3 Å². The first-order valence-corrected chi connectivity index (χ1v) is 9.90. The summed E-state index contributed by atoms with van der Waals surface area (Å²) < 4.78 is 20.1. The molecule has 1 saturated heterocycles. The van der Waals surface area contributed by atoms with Gasteiger partial charge in [-0.15, -0.1) is 0 Å². The van der Waals surface area contributed by atoms with Crippen LogP contribution in [0.5, 0.6) is 0 Å². The third kappa shape index (κ3) is 4.55. The van der Waals surface area contributed by atoms with Crippen LogP contribution in [0.3, 0.4) is 0 Å². The third-order valence-electron chi connectivity index (χ3n) is 5.28. The lowest BCUT2D eigenvalue weighted by molar-refractivity contribution is -0.122. The van der Waals surface area contributed by atoms with Crippen molar-refractivity contribution in [1.82, 2.24) is 19.8 Å². The fraction of sp³-hybridized carbons (Fsp3) is 0.318. The van der Waals surface area contributed by atoms with Crippen LogP contribution in [0, 0.1) is 5.82 Å². The quantitative estimate of drug-likeness (QED) is 0.670. The molecule has 0 radical (unpaired) electrons. The van der Waals surface area contributed by atoms with Gasteiger partial charge in [0.25, 0.3) is 5.56 Å². The molecule has 4 rings (SSSR count). The van der Waals surface area contributed by atoms with Gasteiger partial charge in [-0.05, 0) is 29.8 Å². The van der Waals surface area contributed by atoms with Gasteiger partial charge in [0.05, 0.1) is 36.5 Å². The second-order valence-corrected chi connectivity index (χ2v) is 7.21. The van der Waals surface area contributed by atoms with E-state index in [2.05, 4.69) is 15.2 Å². The number of halogens is 1. The van der Waals surface area contributed by atoms with Crippen LogP contribution >= 0.6 is 0 Å². The number of benzene rings is 2. The summed E-state index contributed by atoms with van der Waals surface area (Å²) in [5, 5.41) is 3.39. The highest BCUT2D eigenvalue weighted by atomic mass is 19.1. The van der Waals surface area contributed by atoms with Gasteiger partial charge < -0.3 is 10.1 Å². The second kappa shape index (κ2) is 9.15. The van der Waals surface area contributed by atoms with Crippen molar-refractivity contribution in [1.29, 1.82) is 0 Å². The Morgan fingerprint density at radius 2 is 1.87 bits per heavy atom. The summed E-state index contributed by atoms with van der Waals surface area (Å²) in [4.78, 5) is 31.6. The smallest absolute Gasteiger partial charge is 0.261 e. The Kier molecular flexibility index (Phi) is 6.15. The third-order valence-corrected chi connectivity index (χ3v) is 5.28. The number of nitrogens with one attached hydrogen (secondary N) is 1. The van der Waals surface area contributed by atoms with Gasteiger partial charge in [0.2, 0.25) is 5.91 Å². The first-order valence-electron chi connectivity index (χ1n) is 9.90. The van der Waals surface area contributed by atoms with Crippen LogP contribution in [0.25, 0.3) is 10.9 Å². The number of para-hydroxylation sites is 1. The van der Waals surface area contributed by atoms with Crippen molar-refractivity contribution in [2.24, 2.45) is 0 Å². The topological polar surface area (TPSA) is 76.5 Å². The van der Waals surface area contributed by atoms with Crippen molar-refractivity contribution in [3.63, 3.8) is 0 Å². The van der Waals surface area contributed by atoms with E-state index in [4.69, 9.17) is 4.74 Å². The molecule has 30 heavy (non-hydrogen) atoms. The number of carbonyl (C=O) groups is 1. The van der Waals surface area contributed by atoms with Crippen molar-refractivity contribution < 1.29 is 13.9 Å². The molecule has 2 heterocycles. The van der Waals surface area contributed by atoms with Gasteiger partial charge in [0.15, 0.2) is 0 Å². The number of hydrogen-bond donors (Lipinski definition) is 1. The number of ether oxygens (including phenoxy) is 1. The number of fused-ring (bicyclic) bond motifs is 1. The summed E-state index contributed by atoms with van der Waals surface area (Å²) in [7, 11) is 0. The van der Waals surface area contributed by atoms with E-state index >= 15 is 0 Å². The minimum atomic E-state index is -0.299. The molecule has 0 aliphatic carbocycles. The Labute approximate surface area is 173 Å². The summed E-state index contributed by atoms with van der Waals surface area (Å²) in [5.41, 5.74) is 1.27. The van der Waals surface area contributed by atoms with E-state index in [-0.39, 0.29) is 29.9 Å². The van der Waals surface area contributed by atoms with Crippen molar-refractivity contribution in [3.05, 3.63) is 76.6 Å². The van der Waals surface area contributed by atoms with Gasteiger partial charge in [-0.3, -0.25) is 19.1 Å². The molecule has 1 atom stereocenters. The molecular weight excluding hydrogens is 387 g/mol. The van der Waals surface area contributed by atoms with E-state index in [0.29, 0.717) is 30.7 Å². The van der Waals surface area contributed by atoms with E-state index < -0.39 is 0 Å². The number of hydrogen-bond acceptors (Lipinski definition) is 5. The van der Waals surface area contributed by atoms with Crippen LogP contribution < -0.4 is 10.9 Å². The van der Waals surface area contributed by atoms with Crippen molar-refractivity contribution >= 4 is 16.8 Å². The van der Waals surface area contributed by atoms with Crippen LogP contribution in [-0.2, 0) is 16.1 Å². The number of aromatic nitrogens is 2. The fourth-order valence-corrected chi connectivity index (χ4v) is 3.67. The average molecular weight is 410 g/mol. The van der Waals surface area contributed by atoms with Gasteiger partial charge in [-0.2, -0.15) is 0 Å². The van der Waals surface area contributed by atoms with E-state index in [1.165, 1.54) is 23.0 Å². The highest BCUT2D eigenvalue weighted by molar-refractivity contribution is 5.78. The molecule has 1 aliphatic heterocycles. The maximum atomic E-state index is 13.4. The zero-order valence-electron chi connectivity index (χ0n) is 16.5. The number of morpholine rings is 1. The molecule has 1 amide bonds. The molecule has 3 aromatic rings. The normalized spacial score (nSPS) is 15.8. The van der Waals surface area contributed by atoms with Gasteiger partial charge in [-0.25, -0.2) is 9.37 Å².